The van der Waals surface area contributed by atoms with Crippen LogP contribution < -0.4 is 0 Å². The summed E-state index contributed by atoms with van der Waals surface area (Å²) in [6.07, 6.45) is 3.08. The standard InChI is InChI=1S/C12H17ClN2O/c1-4-15(8-9(2)3)12(16)10-5-6-14-7-11(10)13/h5-7,9H,4,8H2,1-3H3. The summed E-state index contributed by atoms with van der Waals surface area (Å²) in [6.45, 7) is 7.58. The summed E-state index contributed by atoms with van der Waals surface area (Å²) in [7, 11) is 0. The first kappa shape index (κ1) is 13.0. The molecule has 0 N–H and O–H groups in total. The Morgan fingerprint density at radius 3 is 2.75 bits per heavy atom. The molecule has 0 bridgehead atoms. The molecule has 0 aliphatic rings. The van der Waals surface area contributed by atoms with Crippen LogP contribution in [0.4, 0.5) is 0 Å². The Hall–Kier alpha value is -1.09. The molecule has 16 heavy (non-hydrogen) atoms. The maximum atomic E-state index is 12.1. The van der Waals surface area contributed by atoms with Gasteiger partial charge in [-0.05, 0) is 18.9 Å². The third-order valence-electron chi connectivity index (χ3n) is 2.26. The van der Waals surface area contributed by atoms with Crippen molar-refractivity contribution in [2.45, 2.75) is 20.8 Å². The van der Waals surface area contributed by atoms with Crippen LogP contribution in [0, 0.1) is 5.92 Å². The molecule has 0 aromatic carbocycles. The average molecular weight is 241 g/mol. The Balaban J connectivity index is 2.87. The predicted molar refractivity (Wildman–Crippen MR) is 65.7 cm³/mol. The highest BCUT2D eigenvalue weighted by atomic mass is 35.5. The second-order valence-corrected chi connectivity index (χ2v) is 4.50. The highest BCUT2D eigenvalue weighted by Gasteiger charge is 2.17. The van der Waals surface area contributed by atoms with E-state index in [0.717, 1.165) is 6.54 Å². The number of hydrogen-bond donors (Lipinski definition) is 0. The first-order chi connectivity index (χ1) is 7.56. The van der Waals surface area contributed by atoms with E-state index in [-0.39, 0.29) is 5.91 Å². The SMILES string of the molecule is CCN(CC(C)C)C(=O)c1ccncc1Cl. The summed E-state index contributed by atoms with van der Waals surface area (Å²) in [5.41, 5.74) is 0.527. The highest BCUT2D eigenvalue weighted by molar-refractivity contribution is 6.33. The van der Waals surface area contributed by atoms with Crippen molar-refractivity contribution < 1.29 is 4.79 Å². The highest BCUT2D eigenvalue weighted by Crippen LogP contribution is 2.16. The van der Waals surface area contributed by atoms with E-state index in [1.807, 2.05) is 6.92 Å². The van der Waals surface area contributed by atoms with Gasteiger partial charge in [-0.3, -0.25) is 9.78 Å². The molecule has 0 fully saturated rings. The largest absolute Gasteiger partial charge is 0.339 e. The number of pyridine rings is 1. The topological polar surface area (TPSA) is 33.2 Å². The van der Waals surface area contributed by atoms with Gasteiger partial charge in [-0.2, -0.15) is 0 Å². The quantitative estimate of drug-likeness (QED) is 0.811. The van der Waals surface area contributed by atoms with Crippen LogP contribution in [0.1, 0.15) is 31.1 Å². The number of amides is 1. The molecule has 0 aliphatic carbocycles. The van der Waals surface area contributed by atoms with Crippen LogP contribution in [-0.4, -0.2) is 28.9 Å². The number of carbonyl (C=O) groups excluding carboxylic acids is 1. The van der Waals surface area contributed by atoms with Crippen molar-refractivity contribution in [1.82, 2.24) is 9.88 Å². The van der Waals surface area contributed by atoms with Gasteiger partial charge in [0, 0.05) is 25.5 Å². The van der Waals surface area contributed by atoms with Gasteiger partial charge in [0.2, 0.25) is 0 Å². The van der Waals surface area contributed by atoms with Crippen molar-refractivity contribution in [3.05, 3.63) is 29.0 Å². The van der Waals surface area contributed by atoms with Crippen LogP contribution in [-0.2, 0) is 0 Å². The summed E-state index contributed by atoms with van der Waals surface area (Å²) in [4.78, 5) is 17.8. The second-order valence-electron chi connectivity index (χ2n) is 4.09. The first-order valence-electron chi connectivity index (χ1n) is 5.45. The van der Waals surface area contributed by atoms with Crippen LogP contribution in [0.25, 0.3) is 0 Å². The molecular weight excluding hydrogens is 224 g/mol. The van der Waals surface area contributed by atoms with Gasteiger partial charge >= 0.3 is 0 Å². The Morgan fingerprint density at radius 1 is 1.56 bits per heavy atom. The summed E-state index contributed by atoms with van der Waals surface area (Å²) in [5, 5.41) is 0.412. The van der Waals surface area contributed by atoms with Gasteiger partial charge in [-0.1, -0.05) is 25.4 Å². The number of carbonyl (C=O) groups is 1. The molecule has 1 amide bonds. The molecule has 0 atom stereocenters. The van der Waals surface area contributed by atoms with Crippen molar-refractivity contribution in [2.24, 2.45) is 5.92 Å². The molecule has 3 nitrogen and oxygen atoms in total. The van der Waals surface area contributed by atoms with Crippen molar-refractivity contribution in [1.29, 1.82) is 0 Å². The Kier molecular flexibility index (Phi) is 4.74. The molecule has 0 unspecified atom stereocenters. The van der Waals surface area contributed by atoms with E-state index in [9.17, 15) is 4.79 Å². The molecule has 4 heteroatoms. The lowest BCUT2D eigenvalue weighted by Crippen LogP contribution is -2.34. The van der Waals surface area contributed by atoms with E-state index in [2.05, 4.69) is 18.8 Å². The van der Waals surface area contributed by atoms with E-state index in [1.54, 1.807) is 17.2 Å². The fourth-order valence-corrected chi connectivity index (χ4v) is 1.72. The summed E-state index contributed by atoms with van der Waals surface area (Å²) < 4.78 is 0. The molecule has 0 saturated carbocycles. The van der Waals surface area contributed by atoms with Crippen molar-refractivity contribution in [3.8, 4) is 0 Å². The molecule has 1 rings (SSSR count). The van der Waals surface area contributed by atoms with Gasteiger partial charge in [-0.15, -0.1) is 0 Å². The zero-order valence-electron chi connectivity index (χ0n) is 9.90. The number of rotatable bonds is 4. The normalized spacial score (nSPS) is 10.6. The van der Waals surface area contributed by atoms with Crippen LogP contribution >= 0.6 is 11.6 Å². The fourth-order valence-electron chi connectivity index (χ4n) is 1.52. The van der Waals surface area contributed by atoms with Crippen LogP contribution in [0.15, 0.2) is 18.5 Å². The maximum Gasteiger partial charge on any atom is 0.255 e. The minimum Gasteiger partial charge on any atom is -0.339 e. The van der Waals surface area contributed by atoms with E-state index < -0.39 is 0 Å². The monoisotopic (exact) mass is 240 g/mol. The summed E-state index contributed by atoms with van der Waals surface area (Å²) in [6, 6.07) is 1.66. The van der Waals surface area contributed by atoms with E-state index in [4.69, 9.17) is 11.6 Å². The molecule has 0 aliphatic heterocycles. The molecule has 1 heterocycles. The minimum absolute atomic E-state index is 0.0244. The smallest absolute Gasteiger partial charge is 0.255 e. The Bertz CT molecular complexity index is 366. The molecular formula is C12H17ClN2O. The minimum atomic E-state index is -0.0244. The Labute approximate surface area is 101 Å². The summed E-state index contributed by atoms with van der Waals surface area (Å²) in [5.74, 6) is 0.424. The van der Waals surface area contributed by atoms with Crippen LogP contribution in [0.5, 0.6) is 0 Å². The molecule has 0 spiro atoms. The van der Waals surface area contributed by atoms with Gasteiger partial charge in [0.05, 0.1) is 10.6 Å². The Morgan fingerprint density at radius 2 is 2.25 bits per heavy atom. The third-order valence-corrected chi connectivity index (χ3v) is 2.56. The number of halogens is 1. The van der Waals surface area contributed by atoms with Crippen LogP contribution in [0.3, 0.4) is 0 Å². The molecule has 1 aromatic rings. The predicted octanol–water partition coefficient (Wildman–Crippen LogP) is 2.85. The van der Waals surface area contributed by atoms with Crippen molar-refractivity contribution in [2.75, 3.05) is 13.1 Å². The zero-order chi connectivity index (χ0) is 12.1. The molecule has 88 valence electrons. The second kappa shape index (κ2) is 5.85. The van der Waals surface area contributed by atoms with Gasteiger partial charge in [-0.25, -0.2) is 0 Å². The molecule has 0 radical (unpaired) electrons. The van der Waals surface area contributed by atoms with E-state index in [1.165, 1.54) is 6.20 Å². The van der Waals surface area contributed by atoms with E-state index >= 15 is 0 Å². The average Bonchev–Trinajstić information content (AvgIpc) is 2.25. The van der Waals surface area contributed by atoms with Gasteiger partial charge in [0.15, 0.2) is 0 Å². The fraction of sp³-hybridized carbons (Fsp3) is 0.500. The van der Waals surface area contributed by atoms with Crippen LogP contribution in [0.2, 0.25) is 5.02 Å². The molecule has 1 aromatic heterocycles. The lowest BCUT2D eigenvalue weighted by molar-refractivity contribution is 0.0746. The number of nitrogens with zero attached hydrogens (tertiary/aromatic N) is 2. The lowest BCUT2D eigenvalue weighted by atomic mass is 10.1. The van der Waals surface area contributed by atoms with Crippen molar-refractivity contribution in [3.63, 3.8) is 0 Å². The summed E-state index contributed by atoms with van der Waals surface area (Å²) >= 11 is 5.95. The van der Waals surface area contributed by atoms with Gasteiger partial charge < -0.3 is 4.90 Å². The number of hydrogen-bond acceptors (Lipinski definition) is 2. The van der Waals surface area contributed by atoms with Crippen molar-refractivity contribution >= 4 is 17.5 Å². The number of aromatic nitrogens is 1. The maximum absolute atomic E-state index is 12.1. The molecule has 0 saturated heterocycles. The van der Waals surface area contributed by atoms with Gasteiger partial charge in [0.25, 0.3) is 5.91 Å². The van der Waals surface area contributed by atoms with Gasteiger partial charge in [0.1, 0.15) is 0 Å². The third kappa shape index (κ3) is 3.20. The lowest BCUT2D eigenvalue weighted by Gasteiger charge is -2.23. The first-order valence-corrected chi connectivity index (χ1v) is 5.82. The zero-order valence-corrected chi connectivity index (χ0v) is 10.7. The van der Waals surface area contributed by atoms with E-state index in [0.29, 0.717) is 23.0 Å².